The lowest BCUT2D eigenvalue weighted by Crippen LogP contribution is -2.32. The molecule has 28 heavy (non-hydrogen) atoms. The van der Waals surface area contributed by atoms with Crippen molar-refractivity contribution in [2.45, 2.75) is 20.4 Å². The molecule has 0 aliphatic rings. The molecule has 2 heterocycles. The minimum Gasteiger partial charge on any atom is -0.451 e. The van der Waals surface area contributed by atoms with E-state index in [1.165, 1.54) is 0 Å². The fourth-order valence-electron chi connectivity index (χ4n) is 3.26. The van der Waals surface area contributed by atoms with Gasteiger partial charge in [-0.25, -0.2) is 4.98 Å². The van der Waals surface area contributed by atoms with Crippen molar-refractivity contribution in [1.82, 2.24) is 14.9 Å². The summed E-state index contributed by atoms with van der Waals surface area (Å²) in [4.78, 5) is 34.2. The molecule has 142 valence electrons. The summed E-state index contributed by atoms with van der Waals surface area (Å²) in [6, 6.07) is 12.4. The minimum absolute atomic E-state index is 0.173. The maximum atomic E-state index is 13.1. The van der Waals surface area contributed by atoms with E-state index in [9.17, 15) is 9.59 Å². The first kappa shape index (κ1) is 18.3. The third-order valence-electron chi connectivity index (χ3n) is 4.76. The van der Waals surface area contributed by atoms with E-state index in [0.717, 1.165) is 10.9 Å². The third kappa shape index (κ3) is 3.16. The van der Waals surface area contributed by atoms with Gasteiger partial charge in [-0.05, 0) is 44.2 Å². The molecule has 0 saturated carbocycles. The summed E-state index contributed by atoms with van der Waals surface area (Å²) in [5.74, 6) is 0.432. The van der Waals surface area contributed by atoms with Crippen LogP contribution >= 0.6 is 11.6 Å². The number of rotatable bonds is 4. The highest BCUT2D eigenvalue weighted by molar-refractivity contribution is 6.31. The van der Waals surface area contributed by atoms with Gasteiger partial charge in [0.15, 0.2) is 5.76 Å². The molecule has 0 saturated heterocycles. The third-order valence-corrected chi connectivity index (χ3v) is 5.00. The van der Waals surface area contributed by atoms with Crippen LogP contribution in [0.2, 0.25) is 5.02 Å². The standard InChI is InChI=1S/C21H18ClN3O3/c1-3-25(11-18-23-16-7-5-4-6-14(16)20(26)24-18)21(27)19-12(2)15-10-13(22)8-9-17(15)28-19/h4-10H,3,11H2,1-2H3,(H,23,24,26). The van der Waals surface area contributed by atoms with Gasteiger partial charge in [0.05, 0.1) is 17.4 Å². The van der Waals surface area contributed by atoms with Crippen molar-refractivity contribution in [3.05, 3.63) is 75.0 Å². The molecule has 1 N–H and O–H groups in total. The fourth-order valence-corrected chi connectivity index (χ4v) is 3.43. The largest absolute Gasteiger partial charge is 0.451 e. The van der Waals surface area contributed by atoms with Crippen LogP contribution in [0, 0.1) is 6.92 Å². The molecular formula is C21H18ClN3O3. The Kier molecular flexibility index (Phi) is 4.65. The zero-order valence-electron chi connectivity index (χ0n) is 15.5. The van der Waals surface area contributed by atoms with Crippen LogP contribution in [0.3, 0.4) is 0 Å². The van der Waals surface area contributed by atoms with Crippen LogP contribution in [0.4, 0.5) is 0 Å². The Morgan fingerprint density at radius 3 is 2.79 bits per heavy atom. The van der Waals surface area contributed by atoms with Crippen molar-refractivity contribution in [3.8, 4) is 0 Å². The molecule has 0 unspecified atom stereocenters. The van der Waals surface area contributed by atoms with Crippen molar-refractivity contribution in [2.75, 3.05) is 6.54 Å². The monoisotopic (exact) mass is 395 g/mol. The summed E-state index contributed by atoms with van der Waals surface area (Å²) < 4.78 is 5.79. The van der Waals surface area contributed by atoms with Gasteiger partial charge < -0.3 is 14.3 Å². The number of halogens is 1. The van der Waals surface area contributed by atoms with Crippen molar-refractivity contribution >= 4 is 39.4 Å². The Morgan fingerprint density at radius 2 is 2.00 bits per heavy atom. The fraction of sp³-hybridized carbons (Fsp3) is 0.190. The van der Waals surface area contributed by atoms with E-state index >= 15 is 0 Å². The number of H-pyrrole nitrogens is 1. The van der Waals surface area contributed by atoms with Crippen LogP contribution in [0.25, 0.3) is 21.9 Å². The molecule has 0 aliphatic carbocycles. The van der Waals surface area contributed by atoms with Crippen molar-refractivity contribution in [1.29, 1.82) is 0 Å². The second kappa shape index (κ2) is 7.13. The zero-order chi connectivity index (χ0) is 19.8. The Bertz CT molecular complexity index is 1260. The average molecular weight is 396 g/mol. The number of aryl methyl sites for hydroxylation is 1. The van der Waals surface area contributed by atoms with E-state index in [1.807, 2.05) is 19.9 Å². The Labute approximate surface area is 165 Å². The number of fused-ring (bicyclic) bond motifs is 2. The lowest BCUT2D eigenvalue weighted by molar-refractivity contribution is 0.0717. The predicted octanol–water partition coefficient (Wildman–Crippen LogP) is 4.29. The maximum absolute atomic E-state index is 13.1. The summed E-state index contributed by atoms with van der Waals surface area (Å²) in [7, 11) is 0. The highest BCUT2D eigenvalue weighted by atomic mass is 35.5. The number of aromatic amines is 1. The van der Waals surface area contributed by atoms with Gasteiger partial charge in [-0.2, -0.15) is 0 Å². The number of nitrogens with zero attached hydrogens (tertiary/aromatic N) is 2. The number of carbonyl (C=O) groups excluding carboxylic acids is 1. The minimum atomic E-state index is -0.261. The number of aromatic nitrogens is 2. The first-order chi connectivity index (χ1) is 13.5. The smallest absolute Gasteiger partial charge is 0.290 e. The van der Waals surface area contributed by atoms with E-state index < -0.39 is 0 Å². The van der Waals surface area contributed by atoms with E-state index in [2.05, 4.69) is 9.97 Å². The molecule has 6 nitrogen and oxygen atoms in total. The zero-order valence-corrected chi connectivity index (χ0v) is 16.2. The molecule has 2 aromatic carbocycles. The van der Waals surface area contributed by atoms with Gasteiger partial charge in [0.1, 0.15) is 11.4 Å². The van der Waals surface area contributed by atoms with Crippen LogP contribution in [0.1, 0.15) is 28.9 Å². The number of hydrogen-bond acceptors (Lipinski definition) is 4. The summed E-state index contributed by atoms with van der Waals surface area (Å²) in [5, 5.41) is 1.91. The van der Waals surface area contributed by atoms with Gasteiger partial charge in [-0.3, -0.25) is 9.59 Å². The van der Waals surface area contributed by atoms with Crippen molar-refractivity contribution < 1.29 is 9.21 Å². The Balaban J connectivity index is 1.69. The van der Waals surface area contributed by atoms with Gasteiger partial charge in [0.25, 0.3) is 11.5 Å². The molecule has 0 aliphatic heterocycles. The maximum Gasteiger partial charge on any atom is 0.290 e. The van der Waals surface area contributed by atoms with Gasteiger partial charge in [0, 0.05) is 22.5 Å². The van der Waals surface area contributed by atoms with E-state index in [-0.39, 0.29) is 23.8 Å². The van der Waals surface area contributed by atoms with Crippen LogP contribution in [0.5, 0.6) is 0 Å². The lowest BCUT2D eigenvalue weighted by atomic mass is 10.1. The molecule has 4 rings (SSSR count). The highest BCUT2D eigenvalue weighted by Crippen LogP contribution is 2.28. The lowest BCUT2D eigenvalue weighted by Gasteiger charge is -2.19. The summed E-state index contributed by atoms with van der Waals surface area (Å²) >= 11 is 6.06. The molecule has 0 atom stereocenters. The van der Waals surface area contributed by atoms with Crippen LogP contribution in [-0.4, -0.2) is 27.3 Å². The van der Waals surface area contributed by atoms with Gasteiger partial charge in [-0.1, -0.05) is 23.7 Å². The van der Waals surface area contributed by atoms with Crippen molar-refractivity contribution in [2.24, 2.45) is 0 Å². The summed E-state index contributed by atoms with van der Waals surface area (Å²) in [6.45, 7) is 4.31. The van der Waals surface area contributed by atoms with Gasteiger partial charge in [-0.15, -0.1) is 0 Å². The summed E-state index contributed by atoms with van der Waals surface area (Å²) in [6.07, 6.45) is 0. The second-order valence-electron chi connectivity index (χ2n) is 6.55. The molecule has 2 aromatic heterocycles. The predicted molar refractivity (Wildman–Crippen MR) is 109 cm³/mol. The molecule has 0 fully saturated rings. The molecule has 0 bridgehead atoms. The number of furan rings is 1. The first-order valence-corrected chi connectivity index (χ1v) is 9.31. The normalized spacial score (nSPS) is 11.2. The number of para-hydroxylation sites is 1. The number of nitrogens with one attached hydrogen (secondary N) is 1. The molecule has 0 radical (unpaired) electrons. The molecule has 1 amide bonds. The number of benzene rings is 2. The number of hydrogen-bond donors (Lipinski definition) is 1. The van der Waals surface area contributed by atoms with Gasteiger partial charge in [0.2, 0.25) is 0 Å². The van der Waals surface area contributed by atoms with Crippen LogP contribution in [0.15, 0.2) is 51.7 Å². The Hall–Kier alpha value is -3.12. The second-order valence-corrected chi connectivity index (χ2v) is 6.98. The first-order valence-electron chi connectivity index (χ1n) is 8.93. The molecular weight excluding hydrogens is 378 g/mol. The molecule has 7 heteroatoms. The Morgan fingerprint density at radius 1 is 1.21 bits per heavy atom. The average Bonchev–Trinajstić information content (AvgIpc) is 3.02. The molecule has 4 aromatic rings. The van der Waals surface area contributed by atoms with Crippen molar-refractivity contribution in [3.63, 3.8) is 0 Å². The van der Waals surface area contributed by atoms with Crippen LogP contribution in [-0.2, 0) is 6.54 Å². The number of carbonyl (C=O) groups is 1. The molecule has 0 spiro atoms. The summed E-state index contributed by atoms with van der Waals surface area (Å²) in [5.41, 5.74) is 1.72. The SMILES string of the molecule is CCN(Cc1nc2ccccc2c(=O)[nH]1)C(=O)c1oc2ccc(Cl)cc2c1C. The topological polar surface area (TPSA) is 79.2 Å². The quantitative estimate of drug-likeness (QED) is 0.559. The van der Waals surface area contributed by atoms with Crippen LogP contribution < -0.4 is 5.56 Å². The van der Waals surface area contributed by atoms with E-state index in [1.54, 1.807) is 41.3 Å². The number of amides is 1. The van der Waals surface area contributed by atoms with E-state index in [0.29, 0.717) is 33.9 Å². The highest BCUT2D eigenvalue weighted by Gasteiger charge is 2.23. The van der Waals surface area contributed by atoms with E-state index in [4.69, 9.17) is 16.0 Å². The van der Waals surface area contributed by atoms with Gasteiger partial charge >= 0.3 is 0 Å².